The van der Waals surface area contributed by atoms with Gasteiger partial charge in [0.05, 0.1) is 24.4 Å². The zero-order chi connectivity index (χ0) is 34.7. The molecule has 53 heavy (non-hydrogen) atoms. The minimum Gasteiger partial charge on any atom is -0.372 e. The maximum absolute atomic E-state index is 7.79. The van der Waals surface area contributed by atoms with Gasteiger partial charge in [-0.15, -0.1) is 0 Å². The second-order valence-corrected chi connectivity index (χ2v) is 20.0. The number of rotatable bonds is 2. The highest BCUT2D eigenvalue weighted by Gasteiger charge is 2.69. The second kappa shape index (κ2) is 13.1. The number of hydrogen-bond donors (Lipinski definition) is 0. The van der Waals surface area contributed by atoms with E-state index in [4.69, 9.17) is 9.47 Å². The molecule has 0 bridgehead atoms. The van der Waals surface area contributed by atoms with Crippen molar-refractivity contribution in [1.82, 2.24) is 9.47 Å². The number of hydrogen-bond acceptors (Lipinski definition) is 3. The predicted molar refractivity (Wildman–Crippen MR) is 213 cm³/mol. The topological polar surface area (TPSA) is 26.6 Å². The fraction of sp³-hybridized carbons (Fsp3) is 0.755. The van der Waals surface area contributed by atoms with Crippen LogP contribution < -0.4 is 0 Å². The highest BCUT2D eigenvalue weighted by atomic mass is 16.5. The molecule has 284 valence electrons. The molecule has 0 amide bonds. The van der Waals surface area contributed by atoms with E-state index < -0.39 is 0 Å². The van der Waals surface area contributed by atoms with Crippen LogP contribution in [0.4, 0.5) is 0 Å². The molecule has 3 aliphatic heterocycles. The molecule has 3 saturated carbocycles. The summed E-state index contributed by atoms with van der Waals surface area (Å²) < 4.78 is 18.2. The third kappa shape index (κ3) is 4.82. The van der Waals surface area contributed by atoms with Gasteiger partial charge in [-0.2, -0.15) is 0 Å². The molecule has 8 aliphatic carbocycles. The molecular formula is C49H66N2O2. The van der Waals surface area contributed by atoms with Gasteiger partial charge in [-0.25, -0.2) is 0 Å². The summed E-state index contributed by atoms with van der Waals surface area (Å²) in [5.74, 6) is 4.14. The van der Waals surface area contributed by atoms with Gasteiger partial charge in [0.25, 0.3) is 0 Å². The van der Waals surface area contributed by atoms with Crippen molar-refractivity contribution in [2.75, 3.05) is 0 Å². The van der Waals surface area contributed by atoms with Crippen molar-refractivity contribution in [3.63, 3.8) is 0 Å². The van der Waals surface area contributed by atoms with Crippen LogP contribution >= 0.6 is 0 Å². The number of likely N-dealkylation sites (tertiary alicyclic amines) is 1. The van der Waals surface area contributed by atoms with Crippen LogP contribution in [0.2, 0.25) is 0 Å². The SMILES string of the molecule is C1=Cc2c(c3c(n2C2=CC4OC5CCCCC5C5(C6C=CCCC6OC6C(N7C8CCC=CC8C8CCCCC87)CCCC65)C4CC2)CCCC3)CC1. The van der Waals surface area contributed by atoms with Crippen molar-refractivity contribution in [3.8, 4) is 0 Å². The Morgan fingerprint density at radius 3 is 2.43 bits per heavy atom. The van der Waals surface area contributed by atoms with E-state index in [1.807, 2.05) is 0 Å². The Bertz CT molecular complexity index is 1710. The van der Waals surface area contributed by atoms with Gasteiger partial charge >= 0.3 is 0 Å². The number of nitrogens with zero attached hydrogens (tertiary/aromatic N) is 2. The van der Waals surface area contributed by atoms with Gasteiger partial charge in [-0.05, 0) is 174 Å². The van der Waals surface area contributed by atoms with E-state index in [2.05, 4.69) is 52.0 Å². The van der Waals surface area contributed by atoms with E-state index >= 15 is 0 Å². The molecule has 0 N–H and O–H groups in total. The third-order valence-corrected chi connectivity index (χ3v) is 18.1. The first-order valence-corrected chi connectivity index (χ1v) is 23.4. The zero-order valence-electron chi connectivity index (χ0n) is 32.5. The molecule has 1 spiro atoms. The fourth-order valence-corrected chi connectivity index (χ4v) is 16.6. The molecule has 0 aromatic carbocycles. The highest BCUT2D eigenvalue weighted by molar-refractivity contribution is 5.66. The molecule has 6 fully saturated rings. The molecule has 3 saturated heterocycles. The van der Waals surface area contributed by atoms with Crippen molar-refractivity contribution in [2.45, 2.75) is 190 Å². The van der Waals surface area contributed by atoms with E-state index in [1.54, 1.807) is 22.5 Å². The normalized spacial score (nSPS) is 46.9. The van der Waals surface area contributed by atoms with Crippen molar-refractivity contribution in [2.24, 2.45) is 40.9 Å². The smallest absolute Gasteiger partial charge is 0.0813 e. The molecule has 12 rings (SSSR count). The fourth-order valence-electron chi connectivity index (χ4n) is 16.6. The van der Waals surface area contributed by atoms with Gasteiger partial charge in [0.1, 0.15) is 0 Å². The summed E-state index contributed by atoms with van der Waals surface area (Å²) in [5, 5.41) is 0. The quantitative estimate of drug-likeness (QED) is 0.285. The Morgan fingerprint density at radius 1 is 0.585 bits per heavy atom. The summed E-state index contributed by atoms with van der Waals surface area (Å²) >= 11 is 0. The number of fused-ring (bicyclic) bond motifs is 14. The van der Waals surface area contributed by atoms with E-state index in [0.29, 0.717) is 48.0 Å². The van der Waals surface area contributed by atoms with Crippen LogP contribution in [0.1, 0.15) is 151 Å². The monoisotopic (exact) mass is 715 g/mol. The molecule has 4 heterocycles. The Hall–Kier alpha value is -1.88. The minimum atomic E-state index is 0.237. The Kier molecular flexibility index (Phi) is 8.22. The Labute approximate surface area is 319 Å². The summed E-state index contributed by atoms with van der Waals surface area (Å²) in [7, 11) is 0. The molecule has 14 unspecified atom stereocenters. The van der Waals surface area contributed by atoms with Crippen LogP contribution in [0.3, 0.4) is 0 Å². The molecule has 0 radical (unpaired) electrons. The number of ether oxygens (including phenoxy) is 2. The van der Waals surface area contributed by atoms with Crippen LogP contribution in [0.25, 0.3) is 11.8 Å². The van der Waals surface area contributed by atoms with E-state index in [-0.39, 0.29) is 11.5 Å². The molecule has 4 nitrogen and oxygen atoms in total. The minimum absolute atomic E-state index is 0.237. The van der Waals surface area contributed by atoms with Crippen LogP contribution in [0, 0.1) is 40.9 Å². The van der Waals surface area contributed by atoms with Gasteiger partial charge in [0.15, 0.2) is 0 Å². The molecule has 11 aliphatic rings. The predicted octanol–water partition coefficient (Wildman–Crippen LogP) is 10.6. The molecule has 1 aromatic heterocycles. The summed E-state index contributed by atoms with van der Waals surface area (Å²) in [4.78, 5) is 3.22. The maximum atomic E-state index is 7.79. The molecular weight excluding hydrogens is 649 g/mol. The van der Waals surface area contributed by atoms with Gasteiger partial charge in [-0.3, -0.25) is 4.90 Å². The van der Waals surface area contributed by atoms with Crippen molar-refractivity contribution >= 4 is 11.8 Å². The molecule has 1 aromatic rings. The molecule has 4 heteroatoms. The lowest BCUT2D eigenvalue weighted by atomic mass is 9.42. The van der Waals surface area contributed by atoms with Crippen molar-refractivity contribution in [1.29, 1.82) is 0 Å². The van der Waals surface area contributed by atoms with E-state index in [9.17, 15) is 0 Å². The average molecular weight is 715 g/mol. The van der Waals surface area contributed by atoms with E-state index in [0.717, 1.165) is 23.9 Å². The standard InChI is InChI=1S/C49H66N2O2/c1-7-21-40-32(14-1)33-15-2-8-22-41(33)50(40)31-28-29-38-47(30-31)52-45-26-11-5-18-36(45)49(38)37-19-6-12-27-46(37)53-48-39(49)20-13-25-44(48)51-42-23-9-3-16-34(42)35-17-4-10-24-43(35)51/h3,6-7,16,19,21,30,34-39,42-48H,1-2,4-5,8-15,17-18,20,22-29H2. The Balaban J connectivity index is 0.977. The summed E-state index contributed by atoms with van der Waals surface area (Å²) in [6.45, 7) is 0. The molecule has 14 atom stereocenters. The lowest BCUT2D eigenvalue weighted by Gasteiger charge is -2.69. The number of aromatic nitrogens is 1. The zero-order valence-corrected chi connectivity index (χ0v) is 32.5. The highest BCUT2D eigenvalue weighted by Crippen LogP contribution is 2.68. The van der Waals surface area contributed by atoms with Crippen LogP contribution in [0.5, 0.6) is 0 Å². The van der Waals surface area contributed by atoms with Gasteiger partial charge in [0.2, 0.25) is 0 Å². The van der Waals surface area contributed by atoms with Crippen LogP contribution in [-0.2, 0) is 28.7 Å². The summed E-state index contributed by atoms with van der Waals surface area (Å²) in [5.41, 5.74) is 8.48. The van der Waals surface area contributed by atoms with Crippen LogP contribution in [0.15, 0.2) is 36.5 Å². The van der Waals surface area contributed by atoms with Crippen molar-refractivity contribution < 1.29 is 9.47 Å². The maximum Gasteiger partial charge on any atom is 0.0813 e. The first-order valence-electron chi connectivity index (χ1n) is 23.4. The second-order valence-electron chi connectivity index (χ2n) is 20.0. The average Bonchev–Trinajstić information content (AvgIpc) is 3.73. The largest absolute Gasteiger partial charge is 0.372 e. The number of allylic oxidation sites excluding steroid dienone is 4. The third-order valence-electron chi connectivity index (χ3n) is 18.1. The van der Waals surface area contributed by atoms with Crippen LogP contribution in [-0.4, -0.2) is 52.0 Å². The lowest BCUT2D eigenvalue weighted by molar-refractivity contribution is -0.300. The summed E-state index contributed by atoms with van der Waals surface area (Å²) in [6.07, 6.45) is 50.3. The Morgan fingerprint density at radius 2 is 1.43 bits per heavy atom. The summed E-state index contributed by atoms with van der Waals surface area (Å²) in [6, 6.07) is 2.14. The van der Waals surface area contributed by atoms with Crippen molar-refractivity contribution in [3.05, 3.63) is 59.0 Å². The van der Waals surface area contributed by atoms with Gasteiger partial charge in [-0.1, -0.05) is 62.5 Å². The van der Waals surface area contributed by atoms with E-state index in [1.165, 1.54) is 153 Å². The van der Waals surface area contributed by atoms with Gasteiger partial charge in [0, 0.05) is 41.1 Å². The van der Waals surface area contributed by atoms with Gasteiger partial charge < -0.3 is 14.0 Å². The first kappa shape index (κ1) is 33.3. The first-order chi connectivity index (χ1) is 26.3. The lowest BCUT2D eigenvalue weighted by Crippen LogP contribution is -2.72.